The second kappa shape index (κ2) is 7.88. The van der Waals surface area contributed by atoms with Gasteiger partial charge in [-0.15, -0.1) is 0 Å². The number of aryl methyl sites for hydroxylation is 1. The molecular formula is C24H31N5. The first-order valence-corrected chi connectivity index (χ1v) is 11.0. The van der Waals surface area contributed by atoms with Crippen molar-refractivity contribution in [2.75, 3.05) is 27.2 Å². The van der Waals surface area contributed by atoms with E-state index in [4.69, 9.17) is 9.97 Å². The Labute approximate surface area is 173 Å². The van der Waals surface area contributed by atoms with Crippen LogP contribution in [0.25, 0.3) is 11.0 Å². The number of benzene rings is 1. The van der Waals surface area contributed by atoms with Gasteiger partial charge in [0.1, 0.15) is 5.82 Å². The SMILES string of the molecule is CN1CCC(Cn2c(CN(C)C3CCCc4cccnc43)nc3ccccc32)C1. The fraction of sp³-hybridized carbons (Fsp3) is 0.500. The largest absolute Gasteiger partial charge is 0.327 e. The Balaban J connectivity index is 1.43. The predicted molar refractivity (Wildman–Crippen MR) is 117 cm³/mol. The average molecular weight is 390 g/mol. The highest BCUT2D eigenvalue weighted by Crippen LogP contribution is 2.33. The molecule has 0 bridgehead atoms. The number of fused-ring (bicyclic) bond motifs is 2. The van der Waals surface area contributed by atoms with Crippen molar-refractivity contribution in [1.29, 1.82) is 0 Å². The molecule has 1 fully saturated rings. The molecule has 1 saturated heterocycles. The van der Waals surface area contributed by atoms with E-state index >= 15 is 0 Å². The number of hydrogen-bond acceptors (Lipinski definition) is 4. The zero-order valence-corrected chi connectivity index (χ0v) is 17.6. The van der Waals surface area contributed by atoms with Crippen LogP contribution in [0.15, 0.2) is 42.6 Å². The van der Waals surface area contributed by atoms with Crippen LogP contribution in [0.4, 0.5) is 0 Å². The van der Waals surface area contributed by atoms with Gasteiger partial charge >= 0.3 is 0 Å². The molecular weight excluding hydrogens is 358 g/mol. The summed E-state index contributed by atoms with van der Waals surface area (Å²) in [4.78, 5) is 14.7. The number of aromatic nitrogens is 3. The van der Waals surface area contributed by atoms with Crippen LogP contribution in [0.1, 0.15) is 42.4 Å². The molecule has 5 heteroatoms. The van der Waals surface area contributed by atoms with Crippen molar-refractivity contribution in [3.8, 4) is 0 Å². The van der Waals surface area contributed by atoms with Gasteiger partial charge in [-0.05, 0) is 76.0 Å². The van der Waals surface area contributed by atoms with Crippen molar-refractivity contribution in [2.45, 2.75) is 44.8 Å². The minimum Gasteiger partial charge on any atom is -0.327 e. The number of hydrogen-bond donors (Lipinski definition) is 0. The van der Waals surface area contributed by atoms with Crippen molar-refractivity contribution in [3.63, 3.8) is 0 Å². The fourth-order valence-electron chi connectivity index (χ4n) is 5.23. The van der Waals surface area contributed by atoms with E-state index in [1.807, 2.05) is 6.20 Å². The van der Waals surface area contributed by atoms with Crippen LogP contribution in [0.3, 0.4) is 0 Å². The van der Waals surface area contributed by atoms with E-state index in [1.165, 1.54) is 55.0 Å². The van der Waals surface area contributed by atoms with Crippen LogP contribution >= 0.6 is 0 Å². The van der Waals surface area contributed by atoms with Gasteiger partial charge in [0.25, 0.3) is 0 Å². The van der Waals surface area contributed by atoms with E-state index < -0.39 is 0 Å². The van der Waals surface area contributed by atoms with Crippen molar-refractivity contribution in [3.05, 3.63) is 59.7 Å². The summed E-state index contributed by atoms with van der Waals surface area (Å²) in [6.45, 7) is 4.31. The highest BCUT2D eigenvalue weighted by atomic mass is 15.2. The third-order valence-electron chi connectivity index (χ3n) is 6.75. The number of rotatable bonds is 5. The molecule has 1 aromatic carbocycles. The molecule has 5 rings (SSSR count). The van der Waals surface area contributed by atoms with Crippen LogP contribution in [-0.2, 0) is 19.5 Å². The second-order valence-corrected chi connectivity index (χ2v) is 8.92. The lowest BCUT2D eigenvalue weighted by atomic mass is 9.91. The van der Waals surface area contributed by atoms with Gasteiger partial charge in [0.2, 0.25) is 0 Å². The van der Waals surface area contributed by atoms with Gasteiger partial charge in [0, 0.05) is 19.3 Å². The van der Waals surface area contributed by atoms with Crippen LogP contribution in [0.5, 0.6) is 0 Å². The summed E-state index contributed by atoms with van der Waals surface area (Å²) in [6, 6.07) is 13.3. The van der Waals surface area contributed by atoms with Gasteiger partial charge in [-0.3, -0.25) is 9.88 Å². The molecule has 1 aliphatic carbocycles. The molecule has 2 unspecified atom stereocenters. The van der Waals surface area contributed by atoms with E-state index in [0.29, 0.717) is 12.0 Å². The van der Waals surface area contributed by atoms with E-state index in [-0.39, 0.29) is 0 Å². The molecule has 152 valence electrons. The summed E-state index contributed by atoms with van der Waals surface area (Å²) < 4.78 is 2.48. The van der Waals surface area contributed by atoms with E-state index in [1.54, 1.807) is 0 Å². The summed E-state index contributed by atoms with van der Waals surface area (Å²) in [7, 11) is 4.47. The molecule has 0 spiro atoms. The number of para-hydroxylation sites is 2. The number of pyridine rings is 1. The van der Waals surface area contributed by atoms with Crippen LogP contribution in [0, 0.1) is 5.92 Å². The molecule has 0 N–H and O–H groups in total. The molecule has 2 aromatic heterocycles. The predicted octanol–water partition coefficient (Wildman–Crippen LogP) is 3.89. The average Bonchev–Trinajstić information content (AvgIpc) is 3.31. The monoisotopic (exact) mass is 389 g/mol. The fourth-order valence-corrected chi connectivity index (χ4v) is 5.23. The van der Waals surface area contributed by atoms with Crippen LogP contribution in [-0.4, -0.2) is 51.5 Å². The lowest BCUT2D eigenvalue weighted by Crippen LogP contribution is -2.30. The van der Waals surface area contributed by atoms with Gasteiger partial charge in [0.15, 0.2) is 0 Å². The maximum absolute atomic E-state index is 5.05. The van der Waals surface area contributed by atoms with E-state index in [0.717, 1.165) is 25.0 Å². The molecule has 0 radical (unpaired) electrons. The standard InChI is InChI=1S/C24H31N5/c1-27-14-12-18(15-27)16-29-21-10-4-3-9-20(21)26-23(29)17-28(2)22-11-5-7-19-8-6-13-25-24(19)22/h3-4,6,8-10,13,18,22H,5,7,11-12,14-17H2,1-2H3. The molecule has 0 amide bonds. The van der Waals surface area contributed by atoms with Crippen molar-refractivity contribution in [2.24, 2.45) is 5.92 Å². The normalized spacial score (nSPS) is 22.4. The van der Waals surface area contributed by atoms with Gasteiger partial charge in [-0.2, -0.15) is 0 Å². The molecule has 0 saturated carbocycles. The Hall–Kier alpha value is -2.24. The van der Waals surface area contributed by atoms with Crippen molar-refractivity contribution >= 4 is 11.0 Å². The third-order valence-corrected chi connectivity index (χ3v) is 6.75. The molecule has 1 aliphatic heterocycles. The Morgan fingerprint density at radius 1 is 1.14 bits per heavy atom. The minimum atomic E-state index is 0.380. The number of imidazole rings is 1. The molecule has 5 nitrogen and oxygen atoms in total. The smallest absolute Gasteiger partial charge is 0.124 e. The summed E-state index contributed by atoms with van der Waals surface area (Å²) >= 11 is 0. The Morgan fingerprint density at radius 3 is 2.90 bits per heavy atom. The van der Waals surface area contributed by atoms with Gasteiger partial charge in [-0.1, -0.05) is 18.2 Å². The third kappa shape index (κ3) is 3.69. The number of likely N-dealkylation sites (tertiary alicyclic amines) is 1. The molecule has 2 atom stereocenters. The quantitative estimate of drug-likeness (QED) is 0.663. The molecule has 2 aliphatic rings. The summed E-state index contributed by atoms with van der Waals surface area (Å²) in [6.07, 6.45) is 6.78. The van der Waals surface area contributed by atoms with E-state index in [9.17, 15) is 0 Å². The summed E-state index contributed by atoms with van der Waals surface area (Å²) in [5, 5.41) is 0. The lowest BCUT2D eigenvalue weighted by molar-refractivity contribution is 0.200. The Morgan fingerprint density at radius 2 is 2.03 bits per heavy atom. The second-order valence-electron chi connectivity index (χ2n) is 8.92. The Kier molecular flexibility index (Phi) is 5.10. The lowest BCUT2D eigenvalue weighted by Gasteiger charge is -2.32. The van der Waals surface area contributed by atoms with Crippen molar-refractivity contribution < 1.29 is 0 Å². The molecule has 3 aromatic rings. The van der Waals surface area contributed by atoms with Gasteiger partial charge in [0.05, 0.1) is 29.3 Å². The first kappa shape index (κ1) is 18.8. The minimum absolute atomic E-state index is 0.380. The summed E-state index contributed by atoms with van der Waals surface area (Å²) in [5.74, 6) is 1.89. The zero-order chi connectivity index (χ0) is 19.8. The highest BCUT2D eigenvalue weighted by Gasteiger charge is 2.27. The van der Waals surface area contributed by atoms with Crippen LogP contribution in [0.2, 0.25) is 0 Å². The first-order chi connectivity index (χ1) is 14.2. The Bertz CT molecular complexity index is 994. The molecule has 29 heavy (non-hydrogen) atoms. The van der Waals surface area contributed by atoms with Crippen LogP contribution < -0.4 is 0 Å². The molecule has 3 heterocycles. The zero-order valence-electron chi connectivity index (χ0n) is 17.6. The summed E-state index contributed by atoms with van der Waals surface area (Å²) in [5.41, 5.74) is 5.07. The van der Waals surface area contributed by atoms with Gasteiger partial charge in [-0.25, -0.2) is 4.98 Å². The topological polar surface area (TPSA) is 37.2 Å². The highest BCUT2D eigenvalue weighted by molar-refractivity contribution is 5.75. The van der Waals surface area contributed by atoms with Crippen molar-refractivity contribution in [1.82, 2.24) is 24.3 Å². The van der Waals surface area contributed by atoms with E-state index in [2.05, 4.69) is 64.9 Å². The number of nitrogens with zero attached hydrogens (tertiary/aromatic N) is 5. The maximum atomic E-state index is 5.05. The van der Waals surface area contributed by atoms with Gasteiger partial charge < -0.3 is 9.47 Å². The maximum Gasteiger partial charge on any atom is 0.124 e. The first-order valence-electron chi connectivity index (χ1n) is 11.0.